The minimum atomic E-state index is -0.596. The van der Waals surface area contributed by atoms with Crippen LogP contribution in [0.1, 0.15) is 46.4 Å². The van der Waals surface area contributed by atoms with E-state index in [0.29, 0.717) is 22.2 Å². The molecular formula is C19H19FN4O3S. The van der Waals surface area contributed by atoms with Crippen molar-refractivity contribution in [2.24, 2.45) is 5.92 Å². The molecular weight excluding hydrogens is 383 g/mol. The van der Waals surface area contributed by atoms with Gasteiger partial charge in [0.05, 0.1) is 0 Å². The normalized spacial score (nSPS) is 19.8. The quantitative estimate of drug-likeness (QED) is 0.657. The molecule has 146 valence electrons. The highest BCUT2D eigenvalue weighted by Crippen LogP contribution is 2.32. The van der Waals surface area contributed by atoms with Crippen molar-refractivity contribution in [2.45, 2.75) is 38.3 Å². The van der Waals surface area contributed by atoms with Crippen molar-refractivity contribution in [2.75, 3.05) is 0 Å². The summed E-state index contributed by atoms with van der Waals surface area (Å²) in [7, 11) is 0. The SMILES string of the molecule is CC(O)c1nnc(C[C@H]2C[C@@H](NC(=O)c3cc(-c4ccc(F)cc4)no3)C2)s1. The average molecular weight is 402 g/mol. The summed E-state index contributed by atoms with van der Waals surface area (Å²) in [6, 6.07) is 7.48. The van der Waals surface area contributed by atoms with E-state index < -0.39 is 6.10 Å². The molecule has 1 aliphatic carbocycles. The molecule has 2 N–H and O–H groups in total. The Kier molecular flexibility index (Phi) is 5.19. The van der Waals surface area contributed by atoms with E-state index in [-0.39, 0.29) is 23.5 Å². The van der Waals surface area contributed by atoms with Crippen LogP contribution >= 0.6 is 11.3 Å². The third-order valence-electron chi connectivity index (χ3n) is 4.75. The molecule has 1 fully saturated rings. The lowest BCUT2D eigenvalue weighted by molar-refractivity contribution is 0.0852. The van der Waals surface area contributed by atoms with Crippen molar-refractivity contribution < 1.29 is 18.8 Å². The topological polar surface area (TPSA) is 101 Å². The first-order valence-electron chi connectivity index (χ1n) is 9.02. The lowest BCUT2D eigenvalue weighted by Crippen LogP contribution is -2.44. The Balaban J connectivity index is 1.28. The number of carbonyl (C=O) groups excluding carboxylic acids is 1. The van der Waals surface area contributed by atoms with Gasteiger partial charge in [0.2, 0.25) is 5.76 Å². The number of amides is 1. The van der Waals surface area contributed by atoms with Gasteiger partial charge in [0, 0.05) is 24.1 Å². The van der Waals surface area contributed by atoms with Crippen LogP contribution in [0, 0.1) is 11.7 Å². The summed E-state index contributed by atoms with van der Waals surface area (Å²) < 4.78 is 18.1. The molecule has 0 bridgehead atoms. The van der Waals surface area contributed by atoms with Crippen molar-refractivity contribution in [3.8, 4) is 11.3 Å². The van der Waals surface area contributed by atoms with Gasteiger partial charge in [-0.25, -0.2) is 4.39 Å². The van der Waals surface area contributed by atoms with Gasteiger partial charge < -0.3 is 14.9 Å². The number of aromatic nitrogens is 3. The fourth-order valence-electron chi connectivity index (χ4n) is 3.18. The standard InChI is InChI=1S/C19H19FN4O3S/c1-10(25)19-23-22-17(28-19)8-11-6-14(7-11)21-18(26)16-9-15(24-27-16)12-2-4-13(20)5-3-12/h2-5,9-11,14,25H,6-8H2,1H3,(H,21,26)/t10?,11-,14+. The van der Waals surface area contributed by atoms with Crippen molar-refractivity contribution in [3.05, 3.63) is 51.9 Å². The summed E-state index contributed by atoms with van der Waals surface area (Å²) >= 11 is 1.43. The average Bonchev–Trinajstić information content (AvgIpc) is 3.30. The highest BCUT2D eigenvalue weighted by Gasteiger charge is 2.32. The summed E-state index contributed by atoms with van der Waals surface area (Å²) in [6.45, 7) is 1.67. The smallest absolute Gasteiger partial charge is 0.290 e. The van der Waals surface area contributed by atoms with E-state index in [4.69, 9.17) is 4.52 Å². The Morgan fingerprint density at radius 3 is 2.79 bits per heavy atom. The van der Waals surface area contributed by atoms with E-state index in [1.807, 2.05) is 0 Å². The molecule has 0 spiro atoms. The zero-order valence-corrected chi connectivity index (χ0v) is 15.9. The molecule has 3 aromatic rings. The maximum Gasteiger partial charge on any atom is 0.290 e. The Bertz CT molecular complexity index is 964. The zero-order chi connectivity index (χ0) is 19.7. The highest BCUT2D eigenvalue weighted by atomic mass is 32.1. The molecule has 2 heterocycles. The van der Waals surface area contributed by atoms with Crippen LogP contribution in [0.4, 0.5) is 4.39 Å². The van der Waals surface area contributed by atoms with E-state index in [1.165, 1.54) is 23.5 Å². The number of hydrogen-bond acceptors (Lipinski definition) is 7. The number of nitrogens with one attached hydrogen (secondary N) is 1. The summed E-state index contributed by atoms with van der Waals surface area (Å²) in [4.78, 5) is 12.3. The molecule has 1 saturated carbocycles. The van der Waals surface area contributed by atoms with E-state index in [9.17, 15) is 14.3 Å². The fraction of sp³-hybridized carbons (Fsp3) is 0.368. The van der Waals surface area contributed by atoms with Gasteiger partial charge in [-0.1, -0.05) is 16.5 Å². The van der Waals surface area contributed by atoms with E-state index >= 15 is 0 Å². The van der Waals surface area contributed by atoms with E-state index in [2.05, 4.69) is 20.7 Å². The summed E-state index contributed by atoms with van der Waals surface area (Å²) in [5, 5.41) is 25.9. The molecule has 1 aromatic carbocycles. The van der Waals surface area contributed by atoms with Crippen LogP contribution in [-0.4, -0.2) is 32.4 Å². The van der Waals surface area contributed by atoms with Crippen molar-refractivity contribution >= 4 is 17.2 Å². The number of rotatable bonds is 6. The lowest BCUT2D eigenvalue weighted by atomic mass is 9.78. The molecule has 1 atom stereocenters. The van der Waals surface area contributed by atoms with Crippen molar-refractivity contribution in [1.29, 1.82) is 0 Å². The molecule has 0 aliphatic heterocycles. The molecule has 1 amide bonds. The van der Waals surface area contributed by atoms with Gasteiger partial charge in [-0.3, -0.25) is 4.79 Å². The van der Waals surface area contributed by atoms with E-state index in [0.717, 1.165) is 24.3 Å². The van der Waals surface area contributed by atoms with Gasteiger partial charge in [-0.05, 0) is 49.9 Å². The minimum Gasteiger partial charge on any atom is -0.386 e. The highest BCUT2D eigenvalue weighted by molar-refractivity contribution is 7.11. The second-order valence-corrected chi connectivity index (χ2v) is 8.10. The summed E-state index contributed by atoms with van der Waals surface area (Å²) in [5.74, 6) is -0.0740. The monoisotopic (exact) mass is 402 g/mol. The van der Waals surface area contributed by atoms with Gasteiger partial charge >= 0.3 is 0 Å². The Labute approximate surface area is 164 Å². The third kappa shape index (κ3) is 4.10. The van der Waals surface area contributed by atoms with Crippen LogP contribution in [0.15, 0.2) is 34.9 Å². The van der Waals surface area contributed by atoms with Crippen molar-refractivity contribution in [3.63, 3.8) is 0 Å². The van der Waals surface area contributed by atoms with Crippen molar-refractivity contribution in [1.82, 2.24) is 20.7 Å². The molecule has 1 unspecified atom stereocenters. The van der Waals surface area contributed by atoms with Crippen LogP contribution < -0.4 is 5.32 Å². The fourth-order valence-corrected chi connectivity index (χ4v) is 4.07. The molecule has 0 radical (unpaired) electrons. The maximum atomic E-state index is 13.0. The second kappa shape index (κ2) is 7.76. The van der Waals surface area contributed by atoms with Crippen LogP contribution in [0.2, 0.25) is 0 Å². The Hall–Kier alpha value is -2.65. The maximum absolute atomic E-state index is 13.0. The summed E-state index contributed by atoms with van der Waals surface area (Å²) in [5.41, 5.74) is 1.17. The van der Waals surface area contributed by atoms with Gasteiger partial charge in [0.15, 0.2) is 0 Å². The number of nitrogens with zero attached hydrogens (tertiary/aromatic N) is 3. The largest absolute Gasteiger partial charge is 0.386 e. The van der Waals surface area contributed by atoms with Gasteiger partial charge in [-0.15, -0.1) is 10.2 Å². The van der Waals surface area contributed by atoms with Crippen LogP contribution in [0.3, 0.4) is 0 Å². The Morgan fingerprint density at radius 2 is 2.11 bits per heavy atom. The third-order valence-corrected chi connectivity index (χ3v) is 5.86. The molecule has 2 aromatic heterocycles. The summed E-state index contributed by atoms with van der Waals surface area (Å²) in [6.07, 6.45) is 1.91. The number of carbonyl (C=O) groups is 1. The molecule has 0 saturated heterocycles. The Morgan fingerprint density at radius 1 is 1.36 bits per heavy atom. The zero-order valence-electron chi connectivity index (χ0n) is 15.1. The molecule has 28 heavy (non-hydrogen) atoms. The first-order valence-corrected chi connectivity index (χ1v) is 9.83. The lowest BCUT2D eigenvalue weighted by Gasteiger charge is -2.35. The first kappa shape index (κ1) is 18.7. The minimum absolute atomic E-state index is 0.0843. The predicted molar refractivity (Wildman–Crippen MR) is 100 cm³/mol. The van der Waals surface area contributed by atoms with Crippen LogP contribution in [0.5, 0.6) is 0 Å². The first-order chi connectivity index (χ1) is 13.5. The van der Waals surface area contributed by atoms with Crippen LogP contribution in [-0.2, 0) is 6.42 Å². The molecule has 1 aliphatic rings. The number of aliphatic hydroxyl groups is 1. The van der Waals surface area contributed by atoms with Gasteiger partial charge in [-0.2, -0.15) is 0 Å². The van der Waals surface area contributed by atoms with Crippen LogP contribution in [0.25, 0.3) is 11.3 Å². The molecule has 4 rings (SSSR count). The van der Waals surface area contributed by atoms with Gasteiger partial charge in [0.1, 0.15) is 27.6 Å². The second-order valence-electron chi connectivity index (χ2n) is 7.01. The number of aliphatic hydroxyl groups excluding tert-OH is 1. The van der Waals surface area contributed by atoms with Gasteiger partial charge in [0.25, 0.3) is 5.91 Å². The molecule has 7 nitrogen and oxygen atoms in total. The number of hydrogen-bond donors (Lipinski definition) is 2. The number of benzene rings is 1. The molecule has 9 heteroatoms. The number of halogens is 1. The van der Waals surface area contributed by atoms with E-state index in [1.54, 1.807) is 25.1 Å². The predicted octanol–water partition coefficient (Wildman–Crippen LogP) is 3.14.